The van der Waals surface area contributed by atoms with Gasteiger partial charge in [0.25, 0.3) is 0 Å². The lowest BCUT2D eigenvalue weighted by atomic mass is 9.91. The molecule has 1 atom stereocenters. The Morgan fingerprint density at radius 2 is 2.00 bits per heavy atom. The highest BCUT2D eigenvalue weighted by Gasteiger charge is 2.34. The van der Waals surface area contributed by atoms with E-state index in [0.717, 1.165) is 16.9 Å². The van der Waals surface area contributed by atoms with Gasteiger partial charge in [0.1, 0.15) is 11.4 Å². The summed E-state index contributed by atoms with van der Waals surface area (Å²) in [5, 5.41) is 16.5. The third-order valence-electron chi connectivity index (χ3n) is 4.01. The molecular formula is C18H20N2O3S. The van der Waals surface area contributed by atoms with Gasteiger partial charge in [0.05, 0.1) is 19.3 Å². The molecule has 6 heteroatoms. The number of carbonyl (C=O) groups excluding carboxylic acids is 1. The van der Waals surface area contributed by atoms with E-state index >= 15 is 0 Å². The molecule has 1 unspecified atom stereocenters. The van der Waals surface area contributed by atoms with Crippen LogP contribution in [0.25, 0.3) is 0 Å². The van der Waals surface area contributed by atoms with E-state index in [-0.39, 0.29) is 12.6 Å². The first kappa shape index (κ1) is 16.7. The second kappa shape index (κ2) is 7.15. The van der Waals surface area contributed by atoms with Gasteiger partial charge in [0, 0.05) is 11.5 Å². The van der Waals surface area contributed by atoms with E-state index in [4.69, 9.17) is 4.74 Å². The molecule has 0 fully saturated rings. The molecule has 0 aliphatic carbocycles. The van der Waals surface area contributed by atoms with Gasteiger partial charge in [-0.05, 0) is 23.3 Å². The van der Waals surface area contributed by atoms with Gasteiger partial charge in [0.15, 0.2) is 0 Å². The van der Waals surface area contributed by atoms with Gasteiger partial charge in [-0.15, -0.1) is 0 Å². The molecule has 0 spiro atoms. The number of ether oxygens (including phenoxy) is 1. The zero-order valence-electron chi connectivity index (χ0n) is 13.4. The third kappa shape index (κ3) is 3.49. The monoisotopic (exact) mass is 344 g/mol. The molecule has 126 valence electrons. The summed E-state index contributed by atoms with van der Waals surface area (Å²) in [4.78, 5) is 12.2. The Bertz CT molecular complexity index is 738. The maximum atomic E-state index is 12.2. The van der Waals surface area contributed by atoms with E-state index in [0.29, 0.717) is 17.2 Å². The topological polar surface area (TPSA) is 70.6 Å². The van der Waals surface area contributed by atoms with Crippen molar-refractivity contribution in [2.45, 2.75) is 11.4 Å². The maximum Gasteiger partial charge on any atom is 0.319 e. The van der Waals surface area contributed by atoms with E-state index in [9.17, 15) is 9.90 Å². The fourth-order valence-electron chi connectivity index (χ4n) is 2.79. The molecule has 1 aliphatic rings. The highest BCUT2D eigenvalue weighted by atomic mass is 32.2. The number of urea groups is 1. The van der Waals surface area contributed by atoms with E-state index in [1.54, 1.807) is 31.0 Å². The number of hydrogen-bond donors (Lipinski definition) is 3. The number of rotatable bonds is 4. The van der Waals surface area contributed by atoms with Crippen LogP contribution in [0.1, 0.15) is 11.1 Å². The Morgan fingerprint density at radius 3 is 2.83 bits per heavy atom. The summed E-state index contributed by atoms with van der Waals surface area (Å²) in [7, 11) is 1.55. The molecule has 2 aromatic rings. The maximum absolute atomic E-state index is 12.2. The zero-order valence-corrected chi connectivity index (χ0v) is 14.2. The van der Waals surface area contributed by atoms with Crippen LogP contribution in [0.3, 0.4) is 0 Å². The Hall–Kier alpha value is -2.18. The number of thioether (sulfide) groups is 1. The fourth-order valence-corrected chi connectivity index (χ4v) is 3.96. The predicted molar refractivity (Wildman–Crippen MR) is 96.5 cm³/mol. The molecule has 1 heterocycles. The van der Waals surface area contributed by atoms with Crippen LogP contribution in [0.5, 0.6) is 5.75 Å². The highest BCUT2D eigenvalue weighted by molar-refractivity contribution is 7.98. The Balaban J connectivity index is 1.66. The molecule has 1 aliphatic heterocycles. The van der Waals surface area contributed by atoms with Crippen molar-refractivity contribution in [3.05, 3.63) is 59.7 Å². The van der Waals surface area contributed by atoms with Gasteiger partial charge >= 0.3 is 6.03 Å². The summed E-state index contributed by atoms with van der Waals surface area (Å²) in [6.07, 6.45) is 0. The lowest BCUT2D eigenvalue weighted by molar-refractivity contribution is 0.0631. The number of carbonyl (C=O) groups is 1. The van der Waals surface area contributed by atoms with Gasteiger partial charge in [-0.2, -0.15) is 11.8 Å². The summed E-state index contributed by atoms with van der Waals surface area (Å²) < 4.78 is 5.21. The van der Waals surface area contributed by atoms with Crippen LogP contribution < -0.4 is 15.4 Å². The van der Waals surface area contributed by atoms with Crippen LogP contribution in [-0.2, 0) is 11.4 Å². The van der Waals surface area contributed by atoms with Crippen molar-refractivity contribution < 1.29 is 14.6 Å². The van der Waals surface area contributed by atoms with Crippen LogP contribution >= 0.6 is 11.8 Å². The van der Waals surface area contributed by atoms with Gasteiger partial charge in [-0.3, -0.25) is 0 Å². The minimum atomic E-state index is -1.06. The molecule has 0 saturated heterocycles. The van der Waals surface area contributed by atoms with Crippen molar-refractivity contribution >= 4 is 23.5 Å². The van der Waals surface area contributed by atoms with Crippen molar-refractivity contribution in [2.75, 3.05) is 24.7 Å². The number of aliphatic hydroxyl groups is 1. The first-order valence-electron chi connectivity index (χ1n) is 7.69. The van der Waals surface area contributed by atoms with Crippen molar-refractivity contribution in [3.8, 4) is 5.75 Å². The minimum Gasteiger partial charge on any atom is -0.495 e. The van der Waals surface area contributed by atoms with Crippen LogP contribution in [0.4, 0.5) is 10.5 Å². The summed E-state index contributed by atoms with van der Waals surface area (Å²) in [5.41, 5.74) is 1.53. The largest absolute Gasteiger partial charge is 0.495 e. The molecule has 0 radical (unpaired) electrons. The van der Waals surface area contributed by atoms with Gasteiger partial charge in [-0.25, -0.2) is 4.79 Å². The van der Waals surface area contributed by atoms with E-state index in [1.165, 1.54) is 0 Å². The minimum absolute atomic E-state index is 0.151. The molecule has 2 aromatic carbocycles. The average Bonchev–Trinajstić information content (AvgIpc) is 2.61. The van der Waals surface area contributed by atoms with Crippen LogP contribution in [0.15, 0.2) is 48.5 Å². The average molecular weight is 344 g/mol. The molecule has 0 saturated carbocycles. The molecular weight excluding hydrogens is 324 g/mol. The quantitative estimate of drug-likeness (QED) is 0.797. The number of para-hydroxylation sites is 2. The SMILES string of the molecule is COc1ccccc1NC(=O)NCC1(O)CSCc2ccccc21. The van der Waals surface area contributed by atoms with E-state index in [2.05, 4.69) is 10.6 Å². The molecule has 24 heavy (non-hydrogen) atoms. The molecule has 0 aromatic heterocycles. The number of fused-ring (bicyclic) bond motifs is 1. The first-order valence-corrected chi connectivity index (χ1v) is 8.84. The van der Waals surface area contributed by atoms with Gasteiger partial charge in [-0.1, -0.05) is 36.4 Å². The first-order chi connectivity index (χ1) is 11.6. The normalized spacial score (nSPS) is 19.2. The third-order valence-corrected chi connectivity index (χ3v) is 5.21. The summed E-state index contributed by atoms with van der Waals surface area (Å²) in [5.74, 6) is 2.02. The molecule has 3 N–H and O–H groups in total. The summed E-state index contributed by atoms with van der Waals surface area (Å²) in [6.45, 7) is 0.151. The van der Waals surface area contributed by atoms with Crippen LogP contribution in [-0.4, -0.2) is 30.5 Å². The summed E-state index contributed by atoms with van der Waals surface area (Å²) in [6, 6.07) is 14.6. The highest BCUT2D eigenvalue weighted by Crippen LogP contribution is 2.35. The molecule has 5 nitrogen and oxygen atoms in total. The second-order valence-electron chi connectivity index (χ2n) is 5.69. The number of benzene rings is 2. The van der Waals surface area contributed by atoms with Crippen molar-refractivity contribution in [1.29, 1.82) is 0 Å². The smallest absolute Gasteiger partial charge is 0.319 e. The molecule has 2 amide bonds. The number of nitrogens with one attached hydrogen (secondary N) is 2. The van der Waals surface area contributed by atoms with Crippen molar-refractivity contribution in [3.63, 3.8) is 0 Å². The predicted octanol–water partition coefficient (Wildman–Crippen LogP) is 2.95. The molecule has 3 rings (SSSR count). The Kier molecular flexibility index (Phi) is 4.97. The number of amides is 2. The Morgan fingerprint density at radius 1 is 1.25 bits per heavy atom. The van der Waals surface area contributed by atoms with Gasteiger partial charge < -0.3 is 20.5 Å². The van der Waals surface area contributed by atoms with Crippen LogP contribution in [0, 0.1) is 0 Å². The molecule has 0 bridgehead atoms. The lowest BCUT2D eigenvalue weighted by Gasteiger charge is -2.34. The number of methoxy groups -OCH3 is 1. The van der Waals surface area contributed by atoms with Crippen molar-refractivity contribution in [2.24, 2.45) is 0 Å². The number of hydrogen-bond acceptors (Lipinski definition) is 4. The standard InChI is InChI=1S/C18H20N2O3S/c1-23-16-9-5-4-8-15(16)20-17(21)19-11-18(22)12-24-10-13-6-2-3-7-14(13)18/h2-9,22H,10-12H2,1H3,(H2,19,20,21). The number of anilines is 1. The van der Waals surface area contributed by atoms with E-state index in [1.807, 2.05) is 36.4 Å². The van der Waals surface area contributed by atoms with Crippen LogP contribution in [0.2, 0.25) is 0 Å². The Labute approximate surface area is 145 Å². The van der Waals surface area contributed by atoms with Gasteiger partial charge in [0.2, 0.25) is 0 Å². The van der Waals surface area contributed by atoms with Crippen molar-refractivity contribution in [1.82, 2.24) is 5.32 Å². The van der Waals surface area contributed by atoms with E-state index < -0.39 is 5.60 Å². The second-order valence-corrected chi connectivity index (χ2v) is 6.68. The zero-order chi connectivity index (χ0) is 17.0. The summed E-state index contributed by atoms with van der Waals surface area (Å²) >= 11 is 1.66. The lowest BCUT2D eigenvalue weighted by Crippen LogP contribution is -2.45. The fraction of sp³-hybridized carbons (Fsp3) is 0.278.